The standard InChI is InChI=1S/C17H25N3/c1-2-3-4-5-6-9-13-18-16-11-7-8-12-17(16)20-15-10-14-19-20/h7-8,10-12,14-15,18H,2-6,9,13H2,1H3. The zero-order valence-corrected chi connectivity index (χ0v) is 12.4. The number of hydrogen-bond acceptors (Lipinski definition) is 2. The molecule has 0 atom stereocenters. The molecule has 0 unspecified atom stereocenters. The molecule has 2 rings (SSSR count). The number of unbranched alkanes of at least 4 members (excludes halogenated alkanes) is 5. The molecule has 108 valence electrons. The predicted molar refractivity (Wildman–Crippen MR) is 85.4 cm³/mol. The third kappa shape index (κ3) is 4.41. The summed E-state index contributed by atoms with van der Waals surface area (Å²) in [6, 6.07) is 10.3. The van der Waals surface area contributed by atoms with E-state index in [4.69, 9.17) is 0 Å². The molecule has 0 saturated heterocycles. The van der Waals surface area contributed by atoms with Crippen molar-refractivity contribution in [3.05, 3.63) is 42.7 Å². The molecule has 0 fully saturated rings. The molecular formula is C17H25N3. The zero-order valence-electron chi connectivity index (χ0n) is 12.4. The first-order valence-corrected chi connectivity index (χ1v) is 7.74. The van der Waals surface area contributed by atoms with Crippen molar-refractivity contribution in [2.45, 2.75) is 45.4 Å². The zero-order chi connectivity index (χ0) is 14.0. The summed E-state index contributed by atoms with van der Waals surface area (Å²) in [5.41, 5.74) is 2.27. The number of nitrogens with one attached hydrogen (secondary N) is 1. The molecule has 0 saturated carbocycles. The van der Waals surface area contributed by atoms with Crippen LogP contribution in [0, 0.1) is 0 Å². The average molecular weight is 271 g/mol. The monoisotopic (exact) mass is 271 g/mol. The molecule has 0 bridgehead atoms. The topological polar surface area (TPSA) is 29.9 Å². The summed E-state index contributed by atoms with van der Waals surface area (Å²) in [4.78, 5) is 0. The lowest BCUT2D eigenvalue weighted by atomic mass is 10.1. The summed E-state index contributed by atoms with van der Waals surface area (Å²) in [7, 11) is 0. The molecule has 0 aliphatic rings. The van der Waals surface area contributed by atoms with Gasteiger partial charge in [-0.05, 0) is 24.6 Å². The first-order chi connectivity index (χ1) is 9.92. The van der Waals surface area contributed by atoms with Crippen LogP contribution in [-0.4, -0.2) is 16.3 Å². The van der Waals surface area contributed by atoms with Crippen LogP contribution in [0.15, 0.2) is 42.7 Å². The fourth-order valence-corrected chi connectivity index (χ4v) is 2.36. The van der Waals surface area contributed by atoms with Gasteiger partial charge < -0.3 is 5.32 Å². The number of hydrogen-bond donors (Lipinski definition) is 1. The maximum Gasteiger partial charge on any atom is 0.0876 e. The van der Waals surface area contributed by atoms with Crippen molar-refractivity contribution in [1.29, 1.82) is 0 Å². The van der Waals surface area contributed by atoms with Crippen LogP contribution in [0.4, 0.5) is 5.69 Å². The first kappa shape index (κ1) is 14.6. The molecule has 20 heavy (non-hydrogen) atoms. The van der Waals surface area contributed by atoms with Crippen LogP contribution in [0.3, 0.4) is 0 Å². The summed E-state index contributed by atoms with van der Waals surface area (Å²) in [5.74, 6) is 0. The molecule has 0 aliphatic carbocycles. The van der Waals surface area contributed by atoms with E-state index in [0.29, 0.717) is 0 Å². The minimum absolute atomic E-state index is 1.03. The molecule has 1 aromatic heterocycles. The Labute approximate surface area is 122 Å². The van der Waals surface area contributed by atoms with Crippen molar-refractivity contribution in [1.82, 2.24) is 9.78 Å². The summed E-state index contributed by atoms with van der Waals surface area (Å²) in [6.07, 6.45) is 11.8. The normalized spacial score (nSPS) is 10.7. The maximum absolute atomic E-state index is 4.30. The van der Waals surface area contributed by atoms with Gasteiger partial charge in [0.05, 0.1) is 11.4 Å². The van der Waals surface area contributed by atoms with E-state index >= 15 is 0 Å². The average Bonchev–Trinajstić information content (AvgIpc) is 3.01. The first-order valence-electron chi connectivity index (χ1n) is 7.74. The van der Waals surface area contributed by atoms with Gasteiger partial charge in [0.2, 0.25) is 0 Å². The fourth-order valence-electron chi connectivity index (χ4n) is 2.36. The van der Waals surface area contributed by atoms with Crippen molar-refractivity contribution in [3.63, 3.8) is 0 Å². The number of para-hydroxylation sites is 2. The fraction of sp³-hybridized carbons (Fsp3) is 0.471. The largest absolute Gasteiger partial charge is 0.383 e. The van der Waals surface area contributed by atoms with Crippen LogP contribution >= 0.6 is 0 Å². The lowest BCUT2D eigenvalue weighted by Gasteiger charge is -2.11. The Balaban J connectivity index is 1.79. The summed E-state index contributed by atoms with van der Waals surface area (Å²) in [6.45, 7) is 3.29. The second-order valence-corrected chi connectivity index (χ2v) is 5.16. The van der Waals surface area contributed by atoms with Crippen LogP contribution in [0.25, 0.3) is 5.69 Å². The Morgan fingerprint density at radius 2 is 1.80 bits per heavy atom. The van der Waals surface area contributed by atoms with E-state index in [1.54, 1.807) is 0 Å². The van der Waals surface area contributed by atoms with Gasteiger partial charge in [-0.1, -0.05) is 51.2 Å². The van der Waals surface area contributed by atoms with Crippen molar-refractivity contribution in [3.8, 4) is 5.69 Å². The third-order valence-corrected chi connectivity index (χ3v) is 3.50. The molecule has 2 aromatic rings. The van der Waals surface area contributed by atoms with Gasteiger partial charge in [-0.2, -0.15) is 5.10 Å². The molecule has 1 aromatic carbocycles. The second-order valence-electron chi connectivity index (χ2n) is 5.16. The van der Waals surface area contributed by atoms with Gasteiger partial charge in [0.15, 0.2) is 0 Å². The van der Waals surface area contributed by atoms with E-state index < -0.39 is 0 Å². The van der Waals surface area contributed by atoms with E-state index in [1.807, 2.05) is 29.2 Å². The second kappa shape index (κ2) is 8.41. The molecule has 1 N–H and O–H groups in total. The molecule has 1 heterocycles. The van der Waals surface area contributed by atoms with Crippen LogP contribution in [-0.2, 0) is 0 Å². The SMILES string of the molecule is CCCCCCCCNc1ccccc1-n1cccn1. The summed E-state index contributed by atoms with van der Waals surface area (Å²) in [5, 5.41) is 7.83. The Kier molecular flexibility index (Phi) is 6.15. The van der Waals surface area contributed by atoms with E-state index in [1.165, 1.54) is 38.5 Å². The molecule has 0 radical (unpaired) electrons. The molecule has 3 nitrogen and oxygen atoms in total. The highest BCUT2D eigenvalue weighted by Crippen LogP contribution is 2.19. The van der Waals surface area contributed by atoms with Crippen LogP contribution < -0.4 is 5.32 Å². The minimum Gasteiger partial charge on any atom is -0.383 e. The number of anilines is 1. The van der Waals surface area contributed by atoms with E-state index in [0.717, 1.165) is 17.9 Å². The summed E-state index contributed by atoms with van der Waals surface area (Å²) >= 11 is 0. The highest BCUT2D eigenvalue weighted by atomic mass is 15.3. The Hall–Kier alpha value is -1.77. The van der Waals surface area contributed by atoms with Crippen molar-refractivity contribution < 1.29 is 0 Å². The highest BCUT2D eigenvalue weighted by Gasteiger charge is 2.02. The van der Waals surface area contributed by atoms with Gasteiger partial charge in [0.25, 0.3) is 0 Å². The lowest BCUT2D eigenvalue weighted by Crippen LogP contribution is -2.06. The van der Waals surface area contributed by atoms with Gasteiger partial charge in [-0.25, -0.2) is 4.68 Å². The van der Waals surface area contributed by atoms with Crippen molar-refractivity contribution in [2.75, 3.05) is 11.9 Å². The number of rotatable bonds is 9. The van der Waals surface area contributed by atoms with Gasteiger partial charge in [0, 0.05) is 18.9 Å². The molecule has 0 spiro atoms. The lowest BCUT2D eigenvalue weighted by molar-refractivity contribution is 0.617. The Bertz CT molecular complexity index is 477. The van der Waals surface area contributed by atoms with E-state index in [2.05, 4.69) is 35.5 Å². The predicted octanol–water partition coefficient (Wildman–Crippen LogP) is 4.64. The van der Waals surface area contributed by atoms with Crippen molar-refractivity contribution >= 4 is 5.69 Å². The number of aromatic nitrogens is 2. The van der Waals surface area contributed by atoms with Gasteiger partial charge in [-0.3, -0.25) is 0 Å². The molecular weight excluding hydrogens is 246 g/mol. The van der Waals surface area contributed by atoms with Crippen molar-refractivity contribution in [2.24, 2.45) is 0 Å². The van der Waals surface area contributed by atoms with Gasteiger partial charge in [0.1, 0.15) is 0 Å². The van der Waals surface area contributed by atoms with Crippen LogP contribution in [0.2, 0.25) is 0 Å². The Morgan fingerprint density at radius 3 is 2.60 bits per heavy atom. The summed E-state index contributed by atoms with van der Waals surface area (Å²) < 4.78 is 1.91. The molecule has 3 heteroatoms. The Morgan fingerprint density at radius 1 is 1.00 bits per heavy atom. The molecule has 0 aliphatic heterocycles. The minimum atomic E-state index is 1.03. The number of nitrogens with zero attached hydrogens (tertiary/aromatic N) is 2. The highest BCUT2D eigenvalue weighted by molar-refractivity contribution is 5.60. The number of benzene rings is 1. The van der Waals surface area contributed by atoms with Gasteiger partial charge >= 0.3 is 0 Å². The molecule has 0 amide bonds. The van der Waals surface area contributed by atoms with Crippen LogP contribution in [0.1, 0.15) is 45.4 Å². The van der Waals surface area contributed by atoms with Gasteiger partial charge in [-0.15, -0.1) is 0 Å². The smallest absolute Gasteiger partial charge is 0.0876 e. The van der Waals surface area contributed by atoms with Crippen LogP contribution in [0.5, 0.6) is 0 Å². The third-order valence-electron chi connectivity index (χ3n) is 3.50. The van der Waals surface area contributed by atoms with E-state index in [9.17, 15) is 0 Å². The maximum atomic E-state index is 4.30. The quantitative estimate of drug-likeness (QED) is 0.673. The van der Waals surface area contributed by atoms with E-state index in [-0.39, 0.29) is 0 Å².